The maximum Gasteiger partial charge on any atom is 0.407 e. The number of H-pyrrole nitrogens is 2. The third-order valence-corrected chi connectivity index (χ3v) is 10.1. The molecule has 0 unspecified atom stereocenters. The second kappa shape index (κ2) is 13.4. The highest BCUT2D eigenvalue weighted by Crippen LogP contribution is 2.36. The van der Waals surface area contributed by atoms with Gasteiger partial charge in [0.25, 0.3) is 0 Å². The van der Waals surface area contributed by atoms with Crippen molar-refractivity contribution in [3.05, 3.63) is 72.6 Å². The van der Waals surface area contributed by atoms with Gasteiger partial charge in [0, 0.05) is 19.1 Å². The number of nitrogens with one attached hydrogen (secondary N) is 3. The molecule has 7 rings (SSSR count). The number of methoxy groups -OCH3 is 1. The van der Waals surface area contributed by atoms with Crippen LogP contribution in [-0.2, 0) is 14.3 Å². The minimum Gasteiger partial charge on any atom is -0.453 e. The van der Waals surface area contributed by atoms with Gasteiger partial charge >= 0.3 is 6.09 Å². The molecule has 1 saturated carbocycles. The standard InChI is InChI=1S/C36H41N7O4/c1-47-36(46)41-28-7-3-2-6-27(28)35(45)43-19-5-9-32(43)34-38-21-30(40-34)26-16-12-24(13-17-26)23-10-14-25(15-11-23)29-20-37-33(39-29)31-8-4-18-42(31)22-44/h10-17,20-22,27-28,31-32H,2-9,18-19H2,1H3,(H,37,39)(H,38,40)(H,41,46)/t27-,28+,31-,32-/m0/s1. The molecule has 0 bridgehead atoms. The first kappa shape index (κ1) is 30.7. The van der Waals surface area contributed by atoms with Crippen LogP contribution in [0.15, 0.2) is 60.9 Å². The van der Waals surface area contributed by atoms with Crippen LogP contribution in [-0.4, -0.2) is 74.4 Å². The van der Waals surface area contributed by atoms with Crippen LogP contribution in [0.25, 0.3) is 33.6 Å². The number of carbonyl (C=O) groups excluding carboxylic acids is 3. The zero-order chi connectivity index (χ0) is 32.3. The highest BCUT2D eigenvalue weighted by molar-refractivity contribution is 5.81. The lowest BCUT2D eigenvalue weighted by molar-refractivity contribution is -0.138. The number of carbonyl (C=O) groups is 3. The molecule has 11 nitrogen and oxygen atoms in total. The van der Waals surface area contributed by atoms with E-state index in [9.17, 15) is 14.4 Å². The van der Waals surface area contributed by atoms with Crippen molar-refractivity contribution in [3.8, 4) is 33.6 Å². The van der Waals surface area contributed by atoms with Crippen molar-refractivity contribution < 1.29 is 19.1 Å². The topological polar surface area (TPSA) is 136 Å². The predicted molar refractivity (Wildman–Crippen MR) is 177 cm³/mol. The quantitative estimate of drug-likeness (QED) is 0.203. The molecule has 11 heteroatoms. The number of hydrogen-bond acceptors (Lipinski definition) is 6. The monoisotopic (exact) mass is 635 g/mol. The van der Waals surface area contributed by atoms with Crippen molar-refractivity contribution in [2.24, 2.45) is 5.92 Å². The Hall–Kier alpha value is -4.93. The van der Waals surface area contributed by atoms with Gasteiger partial charge in [0.1, 0.15) is 11.6 Å². The van der Waals surface area contributed by atoms with E-state index in [1.807, 2.05) is 22.2 Å². The molecule has 2 aliphatic heterocycles. The number of ether oxygens (including phenoxy) is 1. The first-order chi connectivity index (χ1) is 23.0. The van der Waals surface area contributed by atoms with Crippen LogP contribution in [0.3, 0.4) is 0 Å². The Labute approximate surface area is 274 Å². The molecule has 3 N–H and O–H groups in total. The third-order valence-electron chi connectivity index (χ3n) is 10.1. The van der Waals surface area contributed by atoms with Gasteiger partial charge in [0.05, 0.1) is 48.9 Å². The Morgan fingerprint density at radius 1 is 0.766 bits per heavy atom. The van der Waals surface area contributed by atoms with Gasteiger partial charge in [-0.25, -0.2) is 14.8 Å². The average Bonchev–Trinajstić information content (AvgIpc) is 3.95. The van der Waals surface area contributed by atoms with E-state index in [2.05, 4.69) is 68.8 Å². The first-order valence-electron chi connectivity index (χ1n) is 16.7. The van der Waals surface area contributed by atoms with E-state index in [1.54, 1.807) is 0 Å². The largest absolute Gasteiger partial charge is 0.453 e. The molecule has 2 saturated heterocycles. The van der Waals surface area contributed by atoms with Gasteiger partial charge in [-0.3, -0.25) is 9.59 Å². The molecular formula is C36H41N7O4. The number of benzene rings is 2. The normalized spacial score (nSPS) is 22.7. The van der Waals surface area contributed by atoms with E-state index in [0.29, 0.717) is 6.54 Å². The number of imidazole rings is 2. The number of nitrogens with zero attached hydrogens (tertiary/aromatic N) is 4. The Morgan fingerprint density at radius 2 is 1.32 bits per heavy atom. The molecule has 2 aromatic carbocycles. The maximum absolute atomic E-state index is 13.8. The summed E-state index contributed by atoms with van der Waals surface area (Å²) in [4.78, 5) is 57.0. The van der Waals surface area contributed by atoms with Gasteiger partial charge in [-0.1, -0.05) is 61.4 Å². The van der Waals surface area contributed by atoms with Crippen molar-refractivity contribution in [1.82, 2.24) is 35.1 Å². The molecule has 2 aromatic heterocycles. The maximum atomic E-state index is 13.8. The van der Waals surface area contributed by atoms with Crippen molar-refractivity contribution in [1.29, 1.82) is 0 Å². The predicted octanol–water partition coefficient (Wildman–Crippen LogP) is 6.01. The average molecular weight is 636 g/mol. The second-order valence-corrected chi connectivity index (χ2v) is 12.8. The van der Waals surface area contributed by atoms with E-state index in [1.165, 1.54) is 7.11 Å². The number of likely N-dealkylation sites (tertiary alicyclic amines) is 2. The molecule has 244 valence electrons. The summed E-state index contributed by atoms with van der Waals surface area (Å²) in [5.74, 6) is 1.48. The molecule has 0 radical (unpaired) electrons. The van der Waals surface area contributed by atoms with Gasteiger partial charge in [0.2, 0.25) is 12.3 Å². The van der Waals surface area contributed by atoms with E-state index in [-0.39, 0.29) is 30.0 Å². The summed E-state index contributed by atoms with van der Waals surface area (Å²) in [5, 5.41) is 2.90. The van der Waals surface area contributed by atoms with E-state index < -0.39 is 6.09 Å². The van der Waals surface area contributed by atoms with E-state index >= 15 is 0 Å². The Bertz CT molecular complexity index is 1710. The summed E-state index contributed by atoms with van der Waals surface area (Å²) in [5.41, 5.74) is 6.13. The molecule has 3 fully saturated rings. The molecule has 3 amide bonds. The zero-order valence-electron chi connectivity index (χ0n) is 26.7. The number of hydrogen-bond donors (Lipinski definition) is 3. The Kier molecular flexibility index (Phi) is 8.78. The smallest absolute Gasteiger partial charge is 0.407 e. The second-order valence-electron chi connectivity index (χ2n) is 12.8. The Balaban J connectivity index is 1.01. The summed E-state index contributed by atoms with van der Waals surface area (Å²) >= 11 is 0. The molecular weight excluding hydrogens is 594 g/mol. The van der Waals surface area contributed by atoms with Gasteiger partial charge in [-0.05, 0) is 60.8 Å². The fourth-order valence-electron chi connectivity index (χ4n) is 7.54. The van der Waals surface area contributed by atoms with Crippen LogP contribution < -0.4 is 5.32 Å². The lowest BCUT2D eigenvalue weighted by atomic mass is 9.83. The number of aromatic amines is 2. The summed E-state index contributed by atoms with van der Waals surface area (Å²) in [6.07, 6.45) is 11.3. The van der Waals surface area contributed by atoms with Crippen LogP contribution in [0, 0.1) is 5.92 Å². The van der Waals surface area contributed by atoms with Gasteiger partial charge in [-0.2, -0.15) is 0 Å². The SMILES string of the molecule is COC(=O)N[C@@H]1CCCC[C@@H]1C(=O)N1CCC[C@H]1c1ncc(-c2ccc(-c3ccc(-c4cnc([C@@H]5CCCN5C=O)[nH]4)cc3)cc2)[nH]1. The molecule has 4 heterocycles. The first-order valence-corrected chi connectivity index (χ1v) is 16.7. The van der Waals surface area contributed by atoms with Crippen molar-refractivity contribution in [3.63, 3.8) is 0 Å². The fourth-order valence-corrected chi connectivity index (χ4v) is 7.54. The minimum atomic E-state index is -0.484. The van der Waals surface area contributed by atoms with Crippen LogP contribution in [0.4, 0.5) is 4.79 Å². The summed E-state index contributed by atoms with van der Waals surface area (Å²) in [6.45, 7) is 1.47. The van der Waals surface area contributed by atoms with Crippen molar-refractivity contribution >= 4 is 18.4 Å². The third kappa shape index (κ3) is 6.26. The molecule has 4 atom stereocenters. The van der Waals surface area contributed by atoms with Crippen LogP contribution >= 0.6 is 0 Å². The number of rotatable bonds is 8. The lowest BCUT2D eigenvalue weighted by Gasteiger charge is -2.35. The fraction of sp³-hybridized carbons (Fsp3) is 0.417. The van der Waals surface area contributed by atoms with Crippen LogP contribution in [0.5, 0.6) is 0 Å². The van der Waals surface area contributed by atoms with Crippen molar-refractivity contribution in [2.75, 3.05) is 20.2 Å². The van der Waals surface area contributed by atoms with Gasteiger partial charge in [-0.15, -0.1) is 0 Å². The molecule has 1 aliphatic carbocycles. The number of aromatic nitrogens is 4. The number of amides is 3. The minimum absolute atomic E-state index is 0.0238. The molecule has 47 heavy (non-hydrogen) atoms. The molecule has 0 spiro atoms. The highest BCUT2D eigenvalue weighted by atomic mass is 16.5. The molecule has 4 aromatic rings. The van der Waals surface area contributed by atoms with E-state index in [4.69, 9.17) is 9.72 Å². The van der Waals surface area contributed by atoms with Crippen molar-refractivity contribution in [2.45, 2.75) is 69.5 Å². The van der Waals surface area contributed by atoms with Gasteiger partial charge in [0.15, 0.2) is 0 Å². The summed E-state index contributed by atoms with van der Waals surface area (Å²) in [6, 6.07) is 16.5. The van der Waals surface area contributed by atoms with Crippen LogP contribution in [0.2, 0.25) is 0 Å². The molecule has 3 aliphatic rings. The Morgan fingerprint density at radius 3 is 1.94 bits per heavy atom. The summed E-state index contributed by atoms with van der Waals surface area (Å²) < 4.78 is 4.81. The van der Waals surface area contributed by atoms with E-state index in [0.717, 1.165) is 110 Å². The lowest BCUT2D eigenvalue weighted by Crippen LogP contribution is -2.49. The van der Waals surface area contributed by atoms with Gasteiger partial charge < -0.3 is 29.8 Å². The summed E-state index contributed by atoms with van der Waals surface area (Å²) in [7, 11) is 1.35. The number of alkyl carbamates (subject to hydrolysis) is 1. The van der Waals surface area contributed by atoms with Crippen LogP contribution in [0.1, 0.15) is 75.1 Å². The highest BCUT2D eigenvalue weighted by Gasteiger charge is 2.40. The zero-order valence-corrected chi connectivity index (χ0v) is 26.7.